The average molecular weight is 380 g/mol. The van der Waals surface area contributed by atoms with Gasteiger partial charge < -0.3 is 14.9 Å². The largest absolute Gasteiger partial charge is 0.504 e. The summed E-state index contributed by atoms with van der Waals surface area (Å²) in [4.78, 5) is 24.0. The molecule has 2 N–H and O–H groups in total. The number of rotatable bonds is 9. The van der Waals surface area contributed by atoms with Crippen LogP contribution >= 0.6 is 0 Å². The molecule has 0 unspecified atom stereocenters. The van der Waals surface area contributed by atoms with E-state index >= 15 is 0 Å². The molecule has 0 saturated heterocycles. The number of aromatic hydroxyl groups is 1. The molecule has 0 aromatic heterocycles. The van der Waals surface area contributed by atoms with Crippen molar-refractivity contribution in [3.63, 3.8) is 0 Å². The summed E-state index contributed by atoms with van der Waals surface area (Å²) in [5.74, 6) is -0.297. The van der Waals surface area contributed by atoms with E-state index in [9.17, 15) is 19.8 Å². The highest BCUT2D eigenvalue weighted by atomic mass is 16.5. The van der Waals surface area contributed by atoms with Crippen LogP contribution in [0.15, 0.2) is 48.6 Å². The maximum Gasteiger partial charge on any atom is 0.163 e. The van der Waals surface area contributed by atoms with Crippen molar-refractivity contribution in [3.8, 4) is 11.5 Å². The number of allylic oxidation sites excluding steroid dienone is 2. The lowest BCUT2D eigenvalue weighted by atomic mass is 10.0. The number of methoxy groups -OCH3 is 1. The zero-order chi connectivity index (χ0) is 20.5. The van der Waals surface area contributed by atoms with Crippen LogP contribution in [-0.4, -0.2) is 28.9 Å². The Hall–Kier alpha value is -3.18. The topological polar surface area (TPSA) is 83.8 Å². The quantitative estimate of drug-likeness (QED) is 0.512. The predicted octanol–water partition coefficient (Wildman–Crippen LogP) is 3.71. The lowest BCUT2D eigenvalue weighted by Crippen LogP contribution is -2.02. The molecule has 0 atom stereocenters. The van der Waals surface area contributed by atoms with Gasteiger partial charge in [-0.25, -0.2) is 0 Å². The lowest BCUT2D eigenvalue weighted by Gasteiger charge is -2.05. The second-order valence-corrected chi connectivity index (χ2v) is 6.25. The molecule has 2 rings (SSSR count). The molecule has 0 amide bonds. The highest BCUT2D eigenvalue weighted by Gasteiger charge is 2.06. The lowest BCUT2D eigenvalue weighted by molar-refractivity contribution is -0.121. The first kappa shape index (κ1) is 21.1. The Bertz CT molecular complexity index is 909. The second-order valence-electron chi connectivity index (χ2n) is 6.25. The van der Waals surface area contributed by atoms with Crippen LogP contribution in [0.4, 0.5) is 0 Å². The number of ether oxygens (including phenoxy) is 1. The van der Waals surface area contributed by atoms with Gasteiger partial charge in [0, 0.05) is 0 Å². The number of phenolic OH excluding ortho intramolecular Hbond substituents is 1. The number of benzene rings is 2. The molecule has 0 bridgehead atoms. The predicted molar refractivity (Wildman–Crippen MR) is 109 cm³/mol. The van der Waals surface area contributed by atoms with Crippen LogP contribution in [0.1, 0.15) is 35.6 Å². The summed E-state index contributed by atoms with van der Waals surface area (Å²) < 4.78 is 5.01. The summed E-state index contributed by atoms with van der Waals surface area (Å²) in [5.41, 5.74) is 3.38. The summed E-state index contributed by atoms with van der Waals surface area (Å²) >= 11 is 0. The van der Waals surface area contributed by atoms with Gasteiger partial charge in [0.05, 0.1) is 20.1 Å². The molecule has 0 fully saturated rings. The van der Waals surface area contributed by atoms with Crippen molar-refractivity contribution in [3.05, 3.63) is 70.8 Å². The van der Waals surface area contributed by atoms with E-state index < -0.39 is 0 Å². The number of hydrogen-bond donors (Lipinski definition) is 2. The number of phenols is 1. The molecule has 5 nitrogen and oxygen atoms in total. The van der Waals surface area contributed by atoms with Gasteiger partial charge in [0.1, 0.15) is 0 Å². The average Bonchev–Trinajstić information content (AvgIpc) is 2.71. The van der Waals surface area contributed by atoms with Gasteiger partial charge in [-0.1, -0.05) is 37.3 Å². The van der Waals surface area contributed by atoms with Gasteiger partial charge in [0.2, 0.25) is 0 Å². The molecule has 0 aliphatic heterocycles. The van der Waals surface area contributed by atoms with E-state index in [0.29, 0.717) is 11.3 Å². The van der Waals surface area contributed by atoms with E-state index in [1.54, 1.807) is 24.3 Å². The van der Waals surface area contributed by atoms with Crippen molar-refractivity contribution in [1.82, 2.24) is 0 Å². The molecule has 5 heteroatoms. The van der Waals surface area contributed by atoms with Crippen LogP contribution in [0.5, 0.6) is 11.5 Å². The van der Waals surface area contributed by atoms with Crippen molar-refractivity contribution in [2.75, 3.05) is 7.11 Å². The minimum absolute atomic E-state index is 0.0163. The Kier molecular flexibility index (Phi) is 7.72. The van der Waals surface area contributed by atoms with Crippen LogP contribution in [-0.2, 0) is 22.6 Å². The number of aliphatic hydroxyl groups is 1. The second kappa shape index (κ2) is 10.2. The highest BCUT2D eigenvalue weighted by molar-refractivity contribution is 6.10. The van der Waals surface area contributed by atoms with E-state index in [-0.39, 0.29) is 30.3 Å². The van der Waals surface area contributed by atoms with Crippen molar-refractivity contribution in [2.45, 2.75) is 26.4 Å². The van der Waals surface area contributed by atoms with E-state index in [1.165, 1.54) is 25.3 Å². The van der Waals surface area contributed by atoms with E-state index in [2.05, 4.69) is 0 Å². The first-order chi connectivity index (χ1) is 13.5. The van der Waals surface area contributed by atoms with Gasteiger partial charge in [0.15, 0.2) is 23.1 Å². The first-order valence-electron chi connectivity index (χ1n) is 8.98. The summed E-state index contributed by atoms with van der Waals surface area (Å²) in [6.45, 7) is 1.96. The molecule has 0 aliphatic rings. The number of carbonyl (C=O) groups is 2. The smallest absolute Gasteiger partial charge is 0.163 e. The molecule has 0 aliphatic carbocycles. The first-order valence-corrected chi connectivity index (χ1v) is 8.98. The Morgan fingerprint density at radius 2 is 1.57 bits per heavy atom. The molecule has 0 spiro atoms. The molecule has 146 valence electrons. The minimum atomic E-state index is -0.320. The number of aliphatic hydroxyl groups excluding tert-OH is 1. The fourth-order valence-electron chi connectivity index (χ4n) is 2.71. The van der Waals surface area contributed by atoms with Crippen molar-refractivity contribution < 1.29 is 24.5 Å². The van der Waals surface area contributed by atoms with Gasteiger partial charge in [-0.3, -0.25) is 9.59 Å². The standard InChI is InChI=1S/C23H24O5/c1-3-18-8-4-16(12-19(18)15-24)5-9-20(25)14-21(26)10-6-17-7-11-22(27)23(13-17)28-2/h4-13,24,27H,3,14-15H2,1-2H3. The Labute approximate surface area is 164 Å². The van der Waals surface area contributed by atoms with Crippen LogP contribution in [0.3, 0.4) is 0 Å². The number of carbonyl (C=O) groups excluding carboxylic acids is 2. The molecule has 2 aromatic rings. The third-order valence-electron chi connectivity index (χ3n) is 4.26. The van der Waals surface area contributed by atoms with Crippen molar-refractivity contribution >= 4 is 23.7 Å². The minimum Gasteiger partial charge on any atom is -0.504 e. The molecular formula is C23H24O5. The van der Waals surface area contributed by atoms with Crippen LogP contribution in [0.2, 0.25) is 0 Å². The van der Waals surface area contributed by atoms with Crippen LogP contribution in [0.25, 0.3) is 12.2 Å². The molecule has 0 saturated carbocycles. The summed E-state index contributed by atoms with van der Waals surface area (Å²) in [7, 11) is 1.44. The van der Waals surface area contributed by atoms with Crippen molar-refractivity contribution in [1.29, 1.82) is 0 Å². The van der Waals surface area contributed by atoms with E-state index in [0.717, 1.165) is 23.1 Å². The monoisotopic (exact) mass is 380 g/mol. The number of ketones is 2. The molecule has 2 aromatic carbocycles. The number of hydrogen-bond acceptors (Lipinski definition) is 5. The van der Waals surface area contributed by atoms with Gasteiger partial charge >= 0.3 is 0 Å². The van der Waals surface area contributed by atoms with Gasteiger partial charge in [-0.2, -0.15) is 0 Å². The van der Waals surface area contributed by atoms with Gasteiger partial charge in [-0.15, -0.1) is 0 Å². The summed E-state index contributed by atoms with van der Waals surface area (Å²) in [5, 5.41) is 19.0. The SMILES string of the molecule is CCc1ccc(C=CC(=O)CC(=O)C=Cc2ccc(O)c(OC)c2)cc1CO. The Morgan fingerprint density at radius 3 is 2.14 bits per heavy atom. The van der Waals surface area contributed by atoms with Gasteiger partial charge in [0.25, 0.3) is 0 Å². The molecule has 0 heterocycles. The number of aryl methyl sites for hydroxylation is 1. The third kappa shape index (κ3) is 5.93. The maximum atomic E-state index is 12.0. The normalized spacial score (nSPS) is 11.2. The molecule has 0 radical (unpaired) electrons. The Balaban J connectivity index is 1.97. The highest BCUT2D eigenvalue weighted by Crippen LogP contribution is 2.26. The van der Waals surface area contributed by atoms with Crippen LogP contribution in [0, 0.1) is 0 Å². The Morgan fingerprint density at radius 1 is 0.964 bits per heavy atom. The fourth-order valence-corrected chi connectivity index (χ4v) is 2.71. The third-order valence-corrected chi connectivity index (χ3v) is 4.26. The van der Waals surface area contributed by atoms with E-state index in [1.807, 2.05) is 25.1 Å². The zero-order valence-electron chi connectivity index (χ0n) is 16.0. The van der Waals surface area contributed by atoms with Gasteiger partial charge in [-0.05, 0) is 59.0 Å². The zero-order valence-corrected chi connectivity index (χ0v) is 16.0. The van der Waals surface area contributed by atoms with Crippen LogP contribution < -0.4 is 4.74 Å². The van der Waals surface area contributed by atoms with Crippen molar-refractivity contribution in [2.24, 2.45) is 0 Å². The fraction of sp³-hybridized carbons (Fsp3) is 0.217. The summed E-state index contributed by atoms with van der Waals surface area (Å²) in [6.07, 6.45) is 6.50. The molecule has 28 heavy (non-hydrogen) atoms. The maximum absolute atomic E-state index is 12.0. The molecular weight excluding hydrogens is 356 g/mol. The van der Waals surface area contributed by atoms with E-state index in [4.69, 9.17) is 4.74 Å². The summed E-state index contributed by atoms with van der Waals surface area (Å²) in [6, 6.07) is 10.3.